The van der Waals surface area contributed by atoms with Gasteiger partial charge in [-0.2, -0.15) is 0 Å². The smallest absolute Gasteiger partial charge is 0.456 e. The third kappa shape index (κ3) is 5.68. The topological polar surface area (TPSA) is 85.9 Å². The lowest BCUT2D eigenvalue weighted by Crippen LogP contribution is -2.17. The molecule has 1 N–H and O–H groups in total. The number of aromatic nitrogens is 2. The summed E-state index contributed by atoms with van der Waals surface area (Å²) >= 11 is 1.63. The van der Waals surface area contributed by atoms with E-state index in [-0.39, 0.29) is 20.4 Å². The van der Waals surface area contributed by atoms with Crippen molar-refractivity contribution >= 4 is 28.5 Å². The number of rotatable bonds is 4. The van der Waals surface area contributed by atoms with E-state index in [9.17, 15) is 26.7 Å². The number of halogens is 6. The summed E-state index contributed by atoms with van der Waals surface area (Å²) in [5.74, 6) is -5.17. The zero-order valence-corrected chi connectivity index (χ0v) is 17.1. The van der Waals surface area contributed by atoms with Crippen molar-refractivity contribution in [2.75, 3.05) is 0 Å². The van der Waals surface area contributed by atoms with Crippen LogP contribution in [-0.4, -0.2) is 27.4 Å². The van der Waals surface area contributed by atoms with Gasteiger partial charge < -0.3 is 14.7 Å². The molecule has 0 bridgehead atoms. The molecular weight excluding hydrogens is 544 g/mol. The maximum absolute atomic E-state index is 14.7. The van der Waals surface area contributed by atoms with Gasteiger partial charge in [0.05, 0.1) is 17.8 Å². The molecule has 0 radical (unpaired) electrons. The molecule has 2 aromatic carbocycles. The molecule has 1 aromatic heterocycles. The molecule has 3 aromatic rings. The Morgan fingerprint density at radius 2 is 1.84 bits per heavy atom. The highest BCUT2D eigenvalue weighted by molar-refractivity contribution is 14.1. The van der Waals surface area contributed by atoms with Crippen molar-refractivity contribution in [1.29, 1.82) is 0 Å². The molecule has 0 atom stereocenters. The number of hydrogen-bond acceptors (Lipinski definition) is 5. The number of hydrogen-bond donors (Lipinski definition) is 1. The maximum atomic E-state index is 14.7. The SMILES string of the molecule is O=C(N=c1ccn(O)nc1)c1c(Oc2ccc(OC(F)(F)F)c(F)c2)ccc(I)c1F. The Hall–Kier alpha value is -3.23. The molecule has 0 aliphatic carbocycles. The van der Waals surface area contributed by atoms with Gasteiger partial charge in [-0.1, -0.05) is 0 Å². The monoisotopic (exact) mass is 553 g/mol. The van der Waals surface area contributed by atoms with Crippen molar-refractivity contribution in [1.82, 2.24) is 9.94 Å². The molecule has 1 amide bonds. The first-order valence-electron chi connectivity index (χ1n) is 8.08. The van der Waals surface area contributed by atoms with Gasteiger partial charge >= 0.3 is 6.36 Å². The van der Waals surface area contributed by atoms with Crippen LogP contribution in [0.1, 0.15) is 10.4 Å². The summed E-state index contributed by atoms with van der Waals surface area (Å²) in [6.07, 6.45) is -2.97. The lowest BCUT2D eigenvalue weighted by Gasteiger charge is -2.13. The highest BCUT2D eigenvalue weighted by Gasteiger charge is 2.32. The highest BCUT2D eigenvalue weighted by atomic mass is 127. The van der Waals surface area contributed by atoms with Crippen LogP contribution >= 0.6 is 22.6 Å². The zero-order valence-electron chi connectivity index (χ0n) is 14.9. The van der Waals surface area contributed by atoms with Gasteiger partial charge in [0, 0.05) is 9.64 Å². The average molecular weight is 553 g/mol. The van der Waals surface area contributed by atoms with Crippen LogP contribution in [0.25, 0.3) is 0 Å². The molecule has 0 fully saturated rings. The minimum Gasteiger partial charge on any atom is -0.456 e. The Labute approximate surface area is 183 Å². The van der Waals surface area contributed by atoms with E-state index >= 15 is 0 Å². The van der Waals surface area contributed by atoms with Crippen LogP contribution in [0.4, 0.5) is 22.0 Å². The highest BCUT2D eigenvalue weighted by Crippen LogP contribution is 2.33. The average Bonchev–Trinajstić information content (AvgIpc) is 2.68. The third-order valence-electron chi connectivity index (χ3n) is 3.54. The molecular formula is C18H9F5IN3O4. The molecule has 1 heterocycles. The predicted molar refractivity (Wildman–Crippen MR) is 102 cm³/mol. The Morgan fingerprint density at radius 1 is 1.13 bits per heavy atom. The van der Waals surface area contributed by atoms with Crippen LogP contribution in [0.5, 0.6) is 17.2 Å². The van der Waals surface area contributed by atoms with Gasteiger partial charge in [-0.3, -0.25) is 4.79 Å². The van der Waals surface area contributed by atoms with E-state index in [1.54, 1.807) is 22.6 Å². The number of carbonyl (C=O) groups is 1. The number of amides is 1. The van der Waals surface area contributed by atoms with Gasteiger partial charge in [0.25, 0.3) is 5.91 Å². The standard InChI is InChI=1S/C18H9F5IN3O4/c19-11-7-10(1-3-13(11)31-18(21,22)23)30-14-4-2-12(24)16(20)15(14)17(28)26-9-5-6-27(29)25-8-9/h1-8,29H. The third-order valence-corrected chi connectivity index (χ3v) is 4.38. The number of nitrogens with zero attached hydrogens (tertiary/aromatic N) is 3. The first-order chi connectivity index (χ1) is 14.5. The second kappa shape index (κ2) is 8.87. The van der Waals surface area contributed by atoms with E-state index in [0.717, 1.165) is 18.5 Å². The zero-order chi connectivity index (χ0) is 22.8. The van der Waals surface area contributed by atoms with E-state index in [0.29, 0.717) is 17.0 Å². The normalized spacial score (nSPS) is 12.0. The summed E-state index contributed by atoms with van der Waals surface area (Å²) in [6.45, 7) is 0. The first-order valence-corrected chi connectivity index (χ1v) is 9.16. The van der Waals surface area contributed by atoms with Gasteiger partial charge in [-0.05, 0) is 52.9 Å². The molecule has 31 heavy (non-hydrogen) atoms. The fourth-order valence-electron chi connectivity index (χ4n) is 2.28. The minimum atomic E-state index is -5.09. The molecule has 0 unspecified atom stereocenters. The van der Waals surface area contributed by atoms with E-state index in [4.69, 9.17) is 9.94 Å². The van der Waals surface area contributed by atoms with E-state index in [1.165, 1.54) is 18.2 Å². The fraction of sp³-hybridized carbons (Fsp3) is 0.0556. The van der Waals surface area contributed by atoms with E-state index in [2.05, 4.69) is 14.8 Å². The fourth-order valence-corrected chi connectivity index (χ4v) is 2.73. The van der Waals surface area contributed by atoms with Crippen LogP contribution < -0.4 is 14.8 Å². The van der Waals surface area contributed by atoms with Crippen molar-refractivity contribution in [2.24, 2.45) is 4.99 Å². The van der Waals surface area contributed by atoms with Gasteiger partial charge in [-0.15, -0.1) is 23.1 Å². The van der Waals surface area contributed by atoms with E-state index in [1.807, 2.05) is 0 Å². The van der Waals surface area contributed by atoms with Gasteiger partial charge in [0.15, 0.2) is 17.4 Å². The minimum absolute atomic E-state index is 0.000733. The number of carbonyl (C=O) groups excluding carboxylic acids is 1. The molecule has 0 saturated heterocycles. The van der Waals surface area contributed by atoms with E-state index < -0.39 is 35.2 Å². The molecule has 0 aliphatic rings. The van der Waals surface area contributed by atoms with Crippen LogP contribution in [0.3, 0.4) is 0 Å². The summed E-state index contributed by atoms with van der Waals surface area (Å²) in [4.78, 5) is 16.7. The molecule has 3 rings (SSSR count). The van der Waals surface area contributed by atoms with Crippen molar-refractivity contribution in [3.63, 3.8) is 0 Å². The van der Waals surface area contributed by atoms with Gasteiger partial charge in [-0.25, -0.2) is 13.8 Å². The van der Waals surface area contributed by atoms with Gasteiger partial charge in [0.1, 0.15) is 17.1 Å². The Kier molecular flexibility index (Phi) is 6.42. The van der Waals surface area contributed by atoms with Crippen molar-refractivity contribution in [3.05, 3.63) is 74.9 Å². The maximum Gasteiger partial charge on any atom is 0.573 e. The molecule has 7 nitrogen and oxygen atoms in total. The second-order valence-electron chi connectivity index (χ2n) is 5.70. The molecule has 0 aliphatic heterocycles. The Balaban J connectivity index is 1.97. The van der Waals surface area contributed by atoms with Crippen LogP contribution in [0, 0.1) is 15.2 Å². The number of ether oxygens (including phenoxy) is 2. The van der Waals surface area contributed by atoms with Crippen molar-refractivity contribution in [2.45, 2.75) is 6.36 Å². The van der Waals surface area contributed by atoms with Gasteiger partial charge in [0.2, 0.25) is 0 Å². The largest absolute Gasteiger partial charge is 0.573 e. The molecule has 0 saturated carbocycles. The van der Waals surface area contributed by atoms with Crippen molar-refractivity contribution in [3.8, 4) is 17.2 Å². The number of benzene rings is 2. The Morgan fingerprint density at radius 3 is 2.45 bits per heavy atom. The van der Waals surface area contributed by atoms with Crippen LogP contribution in [0.15, 0.2) is 53.8 Å². The number of alkyl halides is 3. The summed E-state index contributed by atoms with van der Waals surface area (Å²) < 4.78 is 74.3. The molecule has 162 valence electrons. The lowest BCUT2D eigenvalue weighted by molar-refractivity contribution is -0.275. The summed E-state index contributed by atoms with van der Waals surface area (Å²) in [7, 11) is 0. The quantitative estimate of drug-likeness (QED) is 0.294. The van der Waals surface area contributed by atoms with Crippen molar-refractivity contribution < 1.29 is 41.4 Å². The summed E-state index contributed by atoms with van der Waals surface area (Å²) in [5, 5.41) is 12.6. The van der Waals surface area contributed by atoms with Crippen LogP contribution in [0.2, 0.25) is 0 Å². The second-order valence-corrected chi connectivity index (χ2v) is 6.86. The van der Waals surface area contributed by atoms with Crippen LogP contribution in [-0.2, 0) is 0 Å². The summed E-state index contributed by atoms with van der Waals surface area (Å²) in [6, 6.07) is 5.93. The first kappa shape index (κ1) is 22.5. The molecule has 0 spiro atoms. The lowest BCUT2D eigenvalue weighted by atomic mass is 10.1. The molecule has 13 heteroatoms. The summed E-state index contributed by atoms with van der Waals surface area (Å²) in [5.41, 5.74) is -0.594. The predicted octanol–water partition coefficient (Wildman–Crippen LogP) is 4.44. The Bertz CT molecular complexity index is 1190.